The van der Waals surface area contributed by atoms with Crippen molar-refractivity contribution in [2.75, 3.05) is 0 Å². The molecule has 0 bridgehead atoms. The van der Waals surface area contributed by atoms with Crippen molar-refractivity contribution in [1.82, 2.24) is 0 Å². The molecule has 0 aliphatic carbocycles. The van der Waals surface area contributed by atoms with Crippen LogP contribution in [0, 0.1) is 17.3 Å². The van der Waals surface area contributed by atoms with E-state index in [1.54, 1.807) is 0 Å². The Morgan fingerprint density at radius 3 is 1.90 bits per heavy atom. The summed E-state index contributed by atoms with van der Waals surface area (Å²) in [5, 5.41) is 0. The van der Waals surface area contributed by atoms with Crippen LogP contribution in [0.15, 0.2) is 0 Å². The lowest BCUT2D eigenvalue weighted by atomic mass is 9.69. The highest BCUT2D eigenvalue weighted by Crippen LogP contribution is 2.41. The molecule has 0 heterocycles. The summed E-state index contributed by atoms with van der Waals surface area (Å²) in [7, 11) is 0. The summed E-state index contributed by atoms with van der Waals surface area (Å²) in [5.74, 6) is 1.81. The van der Waals surface area contributed by atoms with E-state index in [4.69, 9.17) is 0 Å². The predicted octanol–water partition coefficient (Wildman–Crippen LogP) is 8.01. The minimum Gasteiger partial charge on any atom is -0.0654 e. The monoisotopic (exact) mass is 296 g/mol. The van der Waals surface area contributed by atoms with E-state index < -0.39 is 0 Å². The predicted molar refractivity (Wildman–Crippen MR) is 98.9 cm³/mol. The average Bonchev–Trinajstić information content (AvgIpc) is 2.46. The van der Waals surface area contributed by atoms with E-state index in [0.29, 0.717) is 5.41 Å². The van der Waals surface area contributed by atoms with E-state index in [-0.39, 0.29) is 0 Å². The Labute approximate surface area is 136 Å². The van der Waals surface area contributed by atoms with Crippen LogP contribution < -0.4 is 0 Å². The average molecular weight is 297 g/mol. The molecule has 0 radical (unpaired) electrons. The zero-order chi connectivity index (χ0) is 16.1. The Bertz CT molecular complexity index is 220. The number of unbranched alkanes of at least 4 members (excludes halogenated alkanes) is 4. The Balaban J connectivity index is 4.38. The number of rotatable bonds is 14. The minimum atomic E-state index is 0.647. The quantitative estimate of drug-likeness (QED) is 0.285. The van der Waals surface area contributed by atoms with Gasteiger partial charge in [-0.05, 0) is 42.9 Å². The van der Waals surface area contributed by atoms with Crippen LogP contribution >= 0.6 is 0 Å². The van der Waals surface area contributed by atoms with E-state index in [9.17, 15) is 0 Å². The molecule has 0 rings (SSSR count). The summed E-state index contributed by atoms with van der Waals surface area (Å²) in [6, 6.07) is 0. The third-order valence-electron chi connectivity index (χ3n) is 5.62. The van der Waals surface area contributed by atoms with Gasteiger partial charge in [-0.1, -0.05) is 92.9 Å². The van der Waals surface area contributed by atoms with Gasteiger partial charge in [0.2, 0.25) is 0 Å². The molecule has 3 unspecified atom stereocenters. The van der Waals surface area contributed by atoms with E-state index in [2.05, 4.69) is 41.5 Å². The van der Waals surface area contributed by atoms with E-state index in [1.807, 2.05) is 0 Å². The standard InChI is InChI=1S/C21H44/c1-7-11-12-13-14-16-21(10-4,15-8-2)18-20(6)17-19(5)9-3/h19-20H,7-18H2,1-6H3. The zero-order valence-electron chi connectivity index (χ0n) is 16.1. The molecule has 128 valence electrons. The highest BCUT2D eigenvalue weighted by Gasteiger charge is 2.29. The molecule has 0 aromatic carbocycles. The Morgan fingerprint density at radius 1 is 0.714 bits per heavy atom. The normalized spacial score (nSPS) is 17.4. The maximum Gasteiger partial charge on any atom is -0.0298 e. The molecule has 0 saturated heterocycles. The summed E-state index contributed by atoms with van der Waals surface area (Å²) in [5.41, 5.74) is 0.647. The molecule has 0 aromatic heterocycles. The Hall–Kier alpha value is 0. The van der Waals surface area contributed by atoms with Crippen LogP contribution in [-0.2, 0) is 0 Å². The van der Waals surface area contributed by atoms with Gasteiger partial charge in [0.25, 0.3) is 0 Å². The lowest BCUT2D eigenvalue weighted by Gasteiger charge is -2.36. The first-order valence-corrected chi connectivity index (χ1v) is 10.0. The summed E-state index contributed by atoms with van der Waals surface area (Å²) < 4.78 is 0. The van der Waals surface area contributed by atoms with Gasteiger partial charge in [-0.2, -0.15) is 0 Å². The van der Waals surface area contributed by atoms with Crippen molar-refractivity contribution in [3.05, 3.63) is 0 Å². The second-order valence-corrected chi connectivity index (χ2v) is 7.83. The molecule has 0 heteroatoms. The van der Waals surface area contributed by atoms with Gasteiger partial charge in [-0.3, -0.25) is 0 Å². The van der Waals surface area contributed by atoms with Crippen LogP contribution in [0.3, 0.4) is 0 Å². The molecule has 3 atom stereocenters. The van der Waals surface area contributed by atoms with E-state index >= 15 is 0 Å². The van der Waals surface area contributed by atoms with Gasteiger partial charge in [0.15, 0.2) is 0 Å². The first kappa shape index (κ1) is 21.0. The molecule has 0 aliphatic rings. The van der Waals surface area contributed by atoms with Crippen LogP contribution in [-0.4, -0.2) is 0 Å². The van der Waals surface area contributed by atoms with Gasteiger partial charge in [-0.15, -0.1) is 0 Å². The maximum atomic E-state index is 2.50. The first-order chi connectivity index (χ1) is 10.0. The van der Waals surface area contributed by atoms with Crippen molar-refractivity contribution >= 4 is 0 Å². The zero-order valence-corrected chi connectivity index (χ0v) is 16.1. The van der Waals surface area contributed by atoms with E-state index in [0.717, 1.165) is 11.8 Å². The second kappa shape index (κ2) is 12.5. The number of hydrogen-bond donors (Lipinski definition) is 0. The molecule has 0 aromatic rings. The lowest BCUT2D eigenvalue weighted by Crippen LogP contribution is -2.24. The summed E-state index contributed by atoms with van der Waals surface area (Å²) in [6.45, 7) is 14.4. The van der Waals surface area contributed by atoms with Crippen LogP contribution in [0.5, 0.6) is 0 Å². The lowest BCUT2D eigenvalue weighted by molar-refractivity contribution is 0.156. The molecule has 0 N–H and O–H groups in total. The molecule has 21 heavy (non-hydrogen) atoms. The summed E-state index contributed by atoms with van der Waals surface area (Å²) >= 11 is 0. The number of hydrogen-bond acceptors (Lipinski definition) is 0. The molecule has 0 saturated carbocycles. The molecular weight excluding hydrogens is 252 g/mol. The SMILES string of the molecule is CCCCCCCC(CC)(CCC)CC(C)CC(C)CC. The van der Waals surface area contributed by atoms with Crippen molar-refractivity contribution in [1.29, 1.82) is 0 Å². The smallest absolute Gasteiger partial charge is 0.0298 e. The fourth-order valence-electron chi connectivity index (χ4n) is 4.14. The molecular formula is C21H44. The fourth-order valence-corrected chi connectivity index (χ4v) is 4.14. The van der Waals surface area contributed by atoms with Gasteiger partial charge in [0, 0.05) is 0 Å². The second-order valence-electron chi connectivity index (χ2n) is 7.83. The van der Waals surface area contributed by atoms with Gasteiger partial charge in [0.05, 0.1) is 0 Å². The fraction of sp³-hybridized carbons (Fsp3) is 1.00. The maximum absolute atomic E-state index is 2.50. The van der Waals surface area contributed by atoms with Crippen LogP contribution in [0.4, 0.5) is 0 Å². The molecule has 0 aliphatic heterocycles. The van der Waals surface area contributed by atoms with Crippen LogP contribution in [0.25, 0.3) is 0 Å². The van der Waals surface area contributed by atoms with Crippen molar-refractivity contribution in [3.63, 3.8) is 0 Å². The van der Waals surface area contributed by atoms with Crippen LogP contribution in [0.1, 0.15) is 119 Å². The van der Waals surface area contributed by atoms with Gasteiger partial charge in [0.1, 0.15) is 0 Å². The highest BCUT2D eigenvalue weighted by molar-refractivity contribution is 4.80. The molecule has 0 spiro atoms. The molecule has 0 nitrogen and oxygen atoms in total. The van der Waals surface area contributed by atoms with Crippen LogP contribution in [0.2, 0.25) is 0 Å². The van der Waals surface area contributed by atoms with Crippen molar-refractivity contribution in [3.8, 4) is 0 Å². The van der Waals surface area contributed by atoms with Crippen molar-refractivity contribution in [2.45, 2.75) is 119 Å². The first-order valence-electron chi connectivity index (χ1n) is 10.0. The molecule has 0 fully saturated rings. The van der Waals surface area contributed by atoms with Gasteiger partial charge >= 0.3 is 0 Å². The van der Waals surface area contributed by atoms with Gasteiger partial charge < -0.3 is 0 Å². The largest absolute Gasteiger partial charge is 0.0654 e. The third kappa shape index (κ3) is 9.59. The third-order valence-corrected chi connectivity index (χ3v) is 5.62. The van der Waals surface area contributed by atoms with E-state index in [1.165, 1.54) is 77.0 Å². The molecule has 0 amide bonds. The summed E-state index contributed by atoms with van der Waals surface area (Å²) in [4.78, 5) is 0. The van der Waals surface area contributed by atoms with Crippen molar-refractivity contribution < 1.29 is 0 Å². The van der Waals surface area contributed by atoms with Crippen molar-refractivity contribution in [2.24, 2.45) is 17.3 Å². The Kier molecular flexibility index (Phi) is 12.5. The Morgan fingerprint density at radius 2 is 1.38 bits per heavy atom. The topological polar surface area (TPSA) is 0 Å². The minimum absolute atomic E-state index is 0.647. The summed E-state index contributed by atoms with van der Waals surface area (Å²) in [6.07, 6.45) is 17.1. The highest BCUT2D eigenvalue weighted by atomic mass is 14.3. The van der Waals surface area contributed by atoms with Gasteiger partial charge in [-0.25, -0.2) is 0 Å².